The van der Waals surface area contributed by atoms with Crippen molar-refractivity contribution in [3.8, 4) is 11.5 Å². The van der Waals surface area contributed by atoms with Gasteiger partial charge in [0.1, 0.15) is 11.5 Å². The van der Waals surface area contributed by atoms with Gasteiger partial charge in [0, 0.05) is 10.5 Å². The molecule has 128 valence electrons. The number of aryl methyl sites for hydroxylation is 1. The Kier molecular flexibility index (Phi) is 4.77. The van der Waals surface area contributed by atoms with Crippen LogP contribution in [-0.2, 0) is 4.79 Å². The highest BCUT2D eigenvalue weighted by Crippen LogP contribution is 2.37. The number of rotatable bonds is 3. The monoisotopic (exact) mass is 400 g/mol. The zero-order chi connectivity index (χ0) is 18.1. The summed E-state index contributed by atoms with van der Waals surface area (Å²) in [5, 5.41) is 0. The minimum Gasteiger partial charge on any atom is -0.452 e. The summed E-state index contributed by atoms with van der Waals surface area (Å²) in [5.41, 5.74) is 2.09. The second kappa shape index (κ2) is 6.84. The average Bonchev–Trinajstić information content (AvgIpc) is 2.85. The zero-order valence-corrected chi connectivity index (χ0v) is 15.7. The number of hydrogen-bond donors (Lipinski definition) is 0. The first-order valence-corrected chi connectivity index (χ1v) is 8.70. The Balaban J connectivity index is 1.91. The molecule has 0 unspecified atom stereocenters. The first-order chi connectivity index (χ1) is 11.8. The molecule has 2 aromatic carbocycles. The number of carbonyl (C=O) groups is 2. The van der Waals surface area contributed by atoms with Crippen molar-refractivity contribution in [3.05, 3.63) is 63.3 Å². The van der Waals surface area contributed by atoms with E-state index < -0.39 is 0 Å². The third kappa shape index (κ3) is 3.66. The topological polar surface area (TPSA) is 52.6 Å². The van der Waals surface area contributed by atoms with Crippen LogP contribution in [0.25, 0.3) is 6.08 Å². The Morgan fingerprint density at radius 3 is 2.52 bits per heavy atom. The highest BCUT2D eigenvalue weighted by Gasteiger charge is 2.30. The van der Waals surface area contributed by atoms with Crippen LogP contribution in [0, 0.1) is 12.8 Å². The molecule has 1 heterocycles. The Morgan fingerprint density at radius 1 is 1.20 bits per heavy atom. The van der Waals surface area contributed by atoms with E-state index in [0.29, 0.717) is 22.6 Å². The van der Waals surface area contributed by atoms with Crippen molar-refractivity contribution in [2.45, 2.75) is 20.8 Å². The molecule has 0 aromatic heterocycles. The molecule has 0 fully saturated rings. The Hall–Kier alpha value is -2.40. The van der Waals surface area contributed by atoms with Gasteiger partial charge in [-0.1, -0.05) is 41.9 Å². The van der Waals surface area contributed by atoms with E-state index in [1.165, 1.54) is 0 Å². The van der Waals surface area contributed by atoms with Crippen LogP contribution < -0.4 is 9.47 Å². The molecule has 1 aliphatic heterocycles. The van der Waals surface area contributed by atoms with Crippen molar-refractivity contribution in [1.82, 2.24) is 0 Å². The smallest absolute Gasteiger partial charge is 0.313 e. The van der Waals surface area contributed by atoms with Gasteiger partial charge in [-0.15, -0.1) is 0 Å². The van der Waals surface area contributed by atoms with Gasteiger partial charge in [0.2, 0.25) is 5.78 Å². The Labute approximate surface area is 154 Å². The summed E-state index contributed by atoms with van der Waals surface area (Å²) in [6, 6.07) is 10.8. The van der Waals surface area contributed by atoms with Gasteiger partial charge >= 0.3 is 5.97 Å². The van der Waals surface area contributed by atoms with Gasteiger partial charge in [0.25, 0.3) is 0 Å². The molecule has 0 aliphatic carbocycles. The summed E-state index contributed by atoms with van der Waals surface area (Å²) >= 11 is 3.38. The number of benzene rings is 2. The highest BCUT2D eigenvalue weighted by molar-refractivity contribution is 9.10. The third-order valence-corrected chi connectivity index (χ3v) is 4.33. The fraction of sp³-hybridized carbons (Fsp3) is 0.200. The van der Waals surface area contributed by atoms with Gasteiger partial charge in [0.15, 0.2) is 5.76 Å². The number of ether oxygens (including phenoxy) is 2. The van der Waals surface area contributed by atoms with E-state index >= 15 is 0 Å². The predicted octanol–water partition coefficient (Wildman–Crippen LogP) is 4.94. The molecule has 0 N–H and O–H groups in total. The first kappa shape index (κ1) is 17.4. The first-order valence-electron chi connectivity index (χ1n) is 7.91. The fourth-order valence-electron chi connectivity index (χ4n) is 2.48. The van der Waals surface area contributed by atoms with E-state index in [-0.39, 0.29) is 23.4 Å². The third-order valence-electron chi connectivity index (χ3n) is 3.80. The summed E-state index contributed by atoms with van der Waals surface area (Å²) < 4.78 is 12.0. The number of allylic oxidation sites excluding steroid dienone is 1. The maximum Gasteiger partial charge on any atom is 0.313 e. The molecule has 1 aliphatic rings. The van der Waals surface area contributed by atoms with Crippen molar-refractivity contribution >= 4 is 33.8 Å². The molecule has 0 atom stereocenters. The van der Waals surface area contributed by atoms with Crippen molar-refractivity contribution in [3.63, 3.8) is 0 Å². The van der Waals surface area contributed by atoms with Crippen LogP contribution in [0.3, 0.4) is 0 Å². The summed E-state index contributed by atoms with van der Waals surface area (Å²) in [5.74, 6) is 0.329. The van der Waals surface area contributed by atoms with E-state index in [2.05, 4.69) is 15.9 Å². The van der Waals surface area contributed by atoms with Crippen LogP contribution in [0.15, 0.2) is 46.6 Å². The average molecular weight is 401 g/mol. The summed E-state index contributed by atoms with van der Waals surface area (Å²) in [6.07, 6.45) is 1.70. The molecule has 0 spiro atoms. The normalized spacial score (nSPS) is 14.6. The zero-order valence-electron chi connectivity index (χ0n) is 14.1. The summed E-state index contributed by atoms with van der Waals surface area (Å²) in [4.78, 5) is 24.4. The largest absolute Gasteiger partial charge is 0.452 e. The maximum atomic E-state index is 12.6. The second-order valence-electron chi connectivity index (χ2n) is 6.18. The van der Waals surface area contributed by atoms with E-state index in [1.807, 2.05) is 24.3 Å². The van der Waals surface area contributed by atoms with Crippen LogP contribution in [0.2, 0.25) is 0 Å². The molecular weight excluding hydrogens is 384 g/mol. The molecule has 3 rings (SSSR count). The van der Waals surface area contributed by atoms with Gasteiger partial charge in [-0.2, -0.15) is 0 Å². The maximum absolute atomic E-state index is 12.6. The highest BCUT2D eigenvalue weighted by atomic mass is 79.9. The van der Waals surface area contributed by atoms with E-state index in [1.54, 1.807) is 39.0 Å². The number of ketones is 1. The molecule has 0 saturated carbocycles. The lowest BCUT2D eigenvalue weighted by Crippen LogP contribution is -2.14. The van der Waals surface area contributed by atoms with Crippen molar-refractivity contribution in [1.29, 1.82) is 0 Å². The van der Waals surface area contributed by atoms with Crippen LogP contribution in [0.4, 0.5) is 0 Å². The van der Waals surface area contributed by atoms with Gasteiger partial charge < -0.3 is 9.47 Å². The number of esters is 1. The summed E-state index contributed by atoms with van der Waals surface area (Å²) in [7, 11) is 0. The quantitative estimate of drug-likeness (QED) is 0.416. The van der Waals surface area contributed by atoms with Gasteiger partial charge in [-0.25, -0.2) is 0 Å². The molecule has 0 radical (unpaired) electrons. The molecule has 25 heavy (non-hydrogen) atoms. The van der Waals surface area contributed by atoms with Crippen LogP contribution in [0.1, 0.15) is 35.3 Å². The van der Waals surface area contributed by atoms with E-state index in [0.717, 1.165) is 10.0 Å². The predicted molar refractivity (Wildman–Crippen MR) is 98.7 cm³/mol. The molecule has 4 nitrogen and oxygen atoms in total. The lowest BCUT2D eigenvalue weighted by Gasteiger charge is -2.09. The van der Waals surface area contributed by atoms with Crippen molar-refractivity contribution in [2.75, 3.05) is 0 Å². The van der Waals surface area contributed by atoms with Crippen LogP contribution in [0.5, 0.6) is 11.5 Å². The van der Waals surface area contributed by atoms with Crippen molar-refractivity contribution < 1.29 is 19.1 Å². The SMILES string of the molecule is Cc1cc(OC(=O)C(C)C)cc2c1C(=O)/C(=C/c1ccc(Br)cc1)O2. The fourth-order valence-corrected chi connectivity index (χ4v) is 2.75. The van der Waals surface area contributed by atoms with Gasteiger partial charge in [-0.05, 0) is 42.3 Å². The summed E-state index contributed by atoms with van der Waals surface area (Å²) in [6.45, 7) is 5.33. The molecule has 0 bridgehead atoms. The van der Waals surface area contributed by atoms with E-state index in [9.17, 15) is 9.59 Å². The van der Waals surface area contributed by atoms with Crippen LogP contribution >= 0.6 is 15.9 Å². The second-order valence-corrected chi connectivity index (χ2v) is 7.10. The minimum absolute atomic E-state index is 0.169. The number of fused-ring (bicyclic) bond motifs is 1. The van der Waals surface area contributed by atoms with Crippen LogP contribution in [-0.4, -0.2) is 11.8 Å². The molecule has 0 amide bonds. The van der Waals surface area contributed by atoms with Gasteiger partial charge in [0.05, 0.1) is 11.5 Å². The van der Waals surface area contributed by atoms with Gasteiger partial charge in [-0.3, -0.25) is 9.59 Å². The number of carbonyl (C=O) groups excluding carboxylic acids is 2. The molecule has 0 saturated heterocycles. The standard InChI is InChI=1S/C20H17BrO4/c1-11(2)20(23)24-15-8-12(3)18-16(10-15)25-17(19(18)22)9-13-4-6-14(21)7-5-13/h4-11H,1-3H3/b17-9-. The minimum atomic E-state index is -0.325. The van der Waals surface area contributed by atoms with E-state index in [4.69, 9.17) is 9.47 Å². The number of Topliss-reactive ketones (excluding diaryl/α,β-unsaturated/α-hetero) is 1. The lowest BCUT2D eigenvalue weighted by atomic mass is 10.0. The lowest BCUT2D eigenvalue weighted by molar-refractivity contribution is -0.137. The number of hydrogen-bond acceptors (Lipinski definition) is 4. The Bertz CT molecular complexity index is 879. The number of halogens is 1. The molecular formula is C20H17BrO4. The molecule has 5 heteroatoms. The van der Waals surface area contributed by atoms with Crippen molar-refractivity contribution in [2.24, 2.45) is 5.92 Å². The Morgan fingerprint density at radius 2 is 1.88 bits per heavy atom. The molecule has 2 aromatic rings.